The van der Waals surface area contributed by atoms with Crippen molar-refractivity contribution in [1.29, 1.82) is 0 Å². The number of likely N-dealkylation sites (tertiary alicyclic amines) is 1. The van der Waals surface area contributed by atoms with Crippen LogP contribution in [0.15, 0.2) is 30.6 Å². The van der Waals surface area contributed by atoms with E-state index in [-0.39, 0.29) is 0 Å². The highest BCUT2D eigenvalue weighted by Crippen LogP contribution is 2.28. The van der Waals surface area contributed by atoms with Gasteiger partial charge in [-0.25, -0.2) is 0 Å². The molecule has 0 spiro atoms. The van der Waals surface area contributed by atoms with Crippen molar-refractivity contribution in [3.05, 3.63) is 53.1 Å². The first-order chi connectivity index (χ1) is 11.5. The summed E-state index contributed by atoms with van der Waals surface area (Å²) in [6, 6.07) is 6.88. The minimum absolute atomic E-state index is 0.365. The number of anilines is 1. The van der Waals surface area contributed by atoms with Gasteiger partial charge in [0.2, 0.25) is 0 Å². The minimum Gasteiger partial charge on any atom is -0.397 e. The molecule has 4 nitrogen and oxygen atoms in total. The summed E-state index contributed by atoms with van der Waals surface area (Å²) in [5.74, 6) is 0.705. The maximum absolute atomic E-state index is 5.90. The first kappa shape index (κ1) is 16.9. The molecule has 1 aliphatic heterocycles. The molecular formula is C20H28N4. The van der Waals surface area contributed by atoms with Gasteiger partial charge in [0.15, 0.2) is 0 Å². The molecular weight excluding hydrogens is 296 g/mol. The molecule has 2 aromatic rings. The Hall–Kier alpha value is -1.94. The van der Waals surface area contributed by atoms with Gasteiger partial charge in [0, 0.05) is 36.4 Å². The van der Waals surface area contributed by atoms with Gasteiger partial charge in [-0.2, -0.15) is 0 Å². The lowest BCUT2D eigenvalue weighted by molar-refractivity contribution is 0.131. The first-order valence-electron chi connectivity index (χ1n) is 8.90. The summed E-state index contributed by atoms with van der Waals surface area (Å²) in [4.78, 5) is 11.3. The number of aromatic nitrogens is 2. The number of hydrogen-bond acceptors (Lipinski definition) is 4. The van der Waals surface area contributed by atoms with Crippen molar-refractivity contribution in [2.45, 2.75) is 46.1 Å². The lowest BCUT2D eigenvalue weighted by Crippen LogP contribution is -2.38. The van der Waals surface area contributed by atoms with Crippen molar-refractivity contribution in [3.8, 4) is 0 Å². The Bertz CT molecular complexity index is 678. The van der Waals surface area contributed by atoms with Crippen molar-refractivity contribution in [2.75, 3.05) is 18.8 Å². The zero-order valence-electron chi connectivity index (χ0n) is 15.0. The van der Waals surface area contributed by atoms with Crippen molar-refractivity contribution >= 4 is 5.69 Å². The van der Waals surface area contributed by atoms with Crippen LogP contribution in [0.1, 0.15) is 48.3 Å². The third-order valence-corrected chi connectivity index (χ3v) is 5.03. The van der Waals surface area contributed by atoms with Gasteiger partial charge in [-0.3, -0.25) is 14.9 Å². The van der Waals surface area contributed by atoms with Gasteiger partial charge in [0.25, 0.3) is 0 Å². The van der Waals surface area contributed by atoms with Gasteiger partial charge >= 0.3 is 0 Å². The lowest BCUT2D eigenvalue weighted by Gasteiger charge is -2.37. The standard InChI is InChI=1S/C20H28N4/c1-14-7-18(8-15(2)23-14)9-17-5-4-6-24(13-17)16(3)19-10-20(21)12-22-11-19/h7-8,10-12,16-17H,4-6,9,13,21H2,1-3H3/t16?,17-/m1/s1. The van der Waals surface area contributed by atoms with Crippen LogP contribution >= 0.6 is 0 Å². The zero-order chi connectivity index (χ0) is 17.1. The highest BCUT2D eigenvalue weighted by Gasteiger charge is 2.25. The zero-order valence-corrected chi connectivity index (χ0v) is 15.0. The number of rotatable bonds is 4. The average molecular weight is 324 g/mol. The predicted octanol–water partition coefficient (Wildman–Crippen LogP) is 3.69. The van der Waals surface area contributed by atoms with E-state index in [9.17, 15) is 0 Å². The molecule has 0 bridgehead atoms. The Labute approximate surface area is 145 Å². The van der Waals surface area contributed by atoms with E-state index in [0.717, 1.165) is 36.6 Å². The Morgan fingerprint density at radius 2 is 1.96 bits per heavy atom. The van der Waals surface area contributed by atoms with Crippen molar-refractivity contribution in [1.82, 2.24) is 14.9 Å². The van der Waals surface area contributed by atoms with Gasteiger partial charge in [0.1, 0.15) is 0 Å². The summed E-state index contributed by atoms with van der Waals surface area (Å²) in [5, 5.41) is 0. The third-order valence-electron chi connectivity index (χ3n) is 5.03. The van der Waals surface area contributed by atoms with Crippen LogP contribution in [0.3, 0.4) is 0 Å². The molecule has 1 saturated heterocycles. The van der Waals surface area contributed by atoms with E-state index >= 15 is 0 Å². The highest BCUT2D eigenvalue weighted by molar-refractivity contribution is 5.38. The molecule has 1 unspecified atom stereocenters. The Kier molecular flexibility index (Phi) is 5.14. The summed E-state index contributed by atoms with van der Waals surface area (Å²) in [7, 11) is 0. The van der Waals surface area contributed by atoms with E-state index < -0.39 is 0 Å². The molecule has 0 saturated carbocycles. The second kappa shape index (κ2) is 7.31. The van der Waals surface area contributed by atoms with Crippen LogP contribution < -0.4 is 5.73 Å². The van der Waals surface area contributed by atoms with Crippen LogP contribution in [0.5, 0.6) is 0 Å². The van der Waals surface area contributed by atoms with E-state index in [2.05, 4.69) is 53.8 Å². The Balaban J connectivity index is 1.67. The van der Waals surface area contributed by atoms with Gasteiger partial charge in [-0.05, 0) is 81.8 Å². The smallest absolute Gasteiger partial charge is 0.0503 e. The average Bonchev–Trinajstić information content (AvgIpc) is 2.53. The molecule has 0 radical (unpaired) electrons. The number of hydrogen-bond donors (Lipinski definition) is 1. The van der Waals surface area contributed by atoms with Crippen LogP contribution in [0.2, 0.25) is 0 Å². The fourth-order valence-corrected chi connectivity index (χ4v) is 3.90. The normalized spacial score (nSPS) is 20.0. The van der Waals surface area contributed by atoms with Gasteiger partial charge in [-0.1, -0.05) is 0 Å². The quantitative estimate of drug-likeness (QED) is 0.932. The Morgan fingerprint density at radius 1 is 1.21 bits per heavy atom. The van der Waals surface area contributed by atoms with E-state index in [1.807, 2.05) is 6.20 Å². The summed E-state index contributed by atoms with van der Waals surface area (Å²) in [6.07, 6.45) is 7.36. The molecule has 3 rings (SSSR count). The maximum Gasteiger partial charge on any atom is 0.0503 e. The molecule has 2 atom stereocenters. The summed E-state index contributed by atoms with van der Waals surface area (Å²) < 4.78 is 0. The summed E-state index contributed by atoms with van der Waals surface area (Å²) >= 11 is 0. The largest absolute Gasteiger partial charge is 0.397 e. The number of nitrogens with two attached hydrogens (primary N) is 1. The molecule has 2 aromatic heterocycles. The number of aryl methyl sites for hydroxylation is 2. The number of piperidine rings is 1. The second-order valence-electron chi connectivity index (χ2n) is 7.19. The second-order valence-corrected chi connectivity index (χ2v) is 7.19. The van der Waals surface area contributed by atoms with Crippen molar-refractivity contribution < 1.29 is 0 Å². The molecule has 4 heteroatoms. The van der Waals surface area contributed by atoms with Crippen LogP contribution in [-0.2, 0) is 6.42 Å². The topological polar surface area (TPSA) is 55.0 Å². The minimum atomic E-state index is 0.365. The molecule has 2 N–H and O–H groups in total. The van der Waals surface area contributed by atoms with E-state index in [0.29, 0.717) is 12.0 Å². The van der Waals surface area contributed by atoms with Crippen LogP contribution in [0, 0.1) is 19.8 Å². The molecule has 1 fully saturated rings. The number of pyridine rings is 2. The summed E-state index contributed by atoms with van der Waals surface area (Å²) in [6.45, 7) is 8.72. The van der Waals surface area contributed by atoms with Gasteiger partial charge in [0.05, 0.1) is 5.69 Å². The highest BCUT2D eigenvalue weighted by atomic mass is 15.2. The molecule has 0 aromatic carbocycles. The molecule has 0 amide bonds. The Morgan fingerprint density at radius 3 is 2.67 bits per heavy atom. The maximum atomic E-state index is 5.90. The van der Waals surface area contributed by atoms with Gasteiger partial charge < -0.3 is 5.73 Å². The molecule has 3 heterocycles. The summed E-state index contributed by atoms with van der Waals surface area (Å²) in [5.41, 5.74) is 11.5. The van der Waals surface area contributed by atoms with E-state index in [1.54, 1.807) is 6.20 Å². The molecule has 128 valence electrons. The monoisotopic (exact) mass is 324 g/mol. The van der Waals surface area contributed by atoms with E-state index in [1.165, 1.54) is 24.0 Å². The van der Waals surface area contributed by atoms with Crippen molar-refractivity contribution in [3.63, 3.8) is 0 Å². The van der Waals surface area contributed by atoms with Crippen LogP contribution in [-0.4, -0.2) is 28.0 Å². The SMILES string of the molecule is Cc1cc(C[C@H]2CCCN(C(C)c3cncc(N)c3)C2)cc(C)n1. The fourth-order valence-electron chi connectivity index (χ4n) is 3.90. The third kappa shape index (κ3) is 4.12. The molecule has 24 heavy (non-hydrogen) atoms. The molecule has 1 aliphatic rings. The van der Waals surface area contributed by atoms with Crippen molar-refractivity contribution in [2.24, 2.45) is 5.92 Å². The molecule has 0 aliphatic carbocycles. The number of nitrogen functional groups attached to an aromatic ring is 1. The fraction of sp³-hybridized carbons (Fsp3) is 0.500. The first-order valence-corrected chi connectivity index (χ1v) is 8.90. The van der Waals surface area contributed by atoms with Gasteiger partial charge in [-0.15, -0.1) is 0 Å². The van der Waals surface area contributed by atoms with Crippen LogP contribution in [0.25, 0.3) is 0 Å². The lowest BCUT2D eigenvalue weighted by atomic mass is 9.90. The predicted molar refractivity (Wildman–Crippen MR) is 98.8 cm³/mol. The van der Waals surface area contributed by atoms with Crippen LogP contribution in [0.4, 0.5) is 5.69 Å². The van der Waals surface area contributed by atoms with E-state index in [4.69, 9.17) is 5.73 Å². The number of nitrogens with zero attached hydrogens (tertiary/aromatic N) is 3.